The molecule has 0 radical (unpaired) electrons. The molecule has 0 saturated heterocycles. The third-order valence-electron chi connectivity index (χ3n) is 9.49. The van der Waals surface area contributed by atoms with Crippen molar-refractivity contribution in [3.63, 3.8) is 0 Å². The van der Waals surface area contributed by atoms with Crippen LogP contribution in [-0.2, 0) is 17.8 Å². The zero-order chi connectivity index (χ0) is 39.4. The van der Waals surface area contributed by atoms with Gasteiger partial charge in [0.15, 0.2) is 11.5 Å². The lowest BCUT2D eigenvalue weighted by molar-refractivity contribution is 0.0532. The summed E-state index contributed by atoms with van der Waals surface area (Å²) in [6, 6.07) is 22.6. The van der Waals surface area contributed by atoms with E-state index in [4.69, 9.17) is 32.7 Å². The van der Waals surface area contributed by atoms with Crippen molar-refractivity contribution in [1.29, 1.82) is 5.26 Å². The van der Waals surface area contributed by atoms with Crippen LogP contribution >= 0.6 is 22.7 Å². The maximum Gasteiger partial charge on any atom is 0.349 e. The summed E-state index contributed by atoms with van der Waals surface area (Å²) in [4.78, 5) is 65.8. The number of nitriles is 1. The number of rotatable bonds is 10. The van der Waals surface area contributed by atoms with E-state index in [1.807, 2.05) is 21.3 Å². The minimum atomic E-state index is -0.641. The molecular weight excluding hydrogens is 749 g/mol. The number of esters is 1. The van der Waals surface area contributed by atoms with Gasteiger partial charge in [-0.15, -0.1) is 22.7 Å². The molecule has 2 amide bonds. The predicted octanol–water partition coefficient (Wildman–Crippen LogP) is 7.85. The van der Waals surface area contributed by atoms with Gasteiger partial charge in [0.25, 0.3) is 0 Å². The van der Waals surface area contributed by atoms with E-state index in [-0.39, 0.29) is 41.5 Å². The topological polar surface area (TPSA) is 193 Å². The second-order valence-electron chi connectivity index (χ2n) is 12.8. The molecule has 0 spiro atoms. The smallest absolute Gasteiger partial charge is 0.349 e. The second-order valence-corrected chi connectivity index (χ2v) is 14.9. The molecule has 15 heteroatoms. The van der Waals surface area contributed by atoms with Crippen molar-refractivity contribution in [2.24, 2.45) is 11.5 Å². The van der Waals surface area contributed by atoms with Crippen LogP contribution in [0, 0.1) is 17.9 Å². The maximum atomic E-state index is 13.6. The number of primary amides is 2. The number of benzene rings is 4. The van der Waals surface area contributed by atoms with Crippen molar-refractivity contribution < 1.29 is 23.9 Å². The molecule has 0 unspecified atom stereocenters. The first-order valence-corrected chi connectivity index (χ1v) is 18.8. The average Bonchev–Trinajstić information content (AvgIpc) is 3.96. The minimum absolute atomic E-state index is 0.127. The molecule has 4 aromatic carbocycles. The molecule has 4 heterocycles. The Labute approximate surface area is 325 Å². The standard InChI is InChI=1S/C41H28N8O5S2/c1-4-54-41(53)36-34(32-24(45-3)8-6-10-30(32)56-36)40-47-26-18-22(38(44)52)12-14-28(26)49(40)16-15-48-27-13-11-21(37(43)51)17-25(27)46-39(48)33-31-23(19-42)7-5-9-29(31)55-35(33)20(2)50/h5-14,17-18H,4,15-16H2,1-2H3,(H2,43,51)(H2,44,52). The van der Waals surface area contributed by atoms with E-state index in [0.717, 1.165) is 4.70 Å². The van der Waals surface area contributed by atoms with E-state index >= 15 is 0 Å². The Morgan fingerprint density at radius 2 is 1.34 bits per heavy atom. The fourth-order valence-corrected chi connectivity index (χ4v) is 9.31. The summed E-state index contributed by atoms with van der Waals surface area (Å²) in [6.45, 7) is 11.7. The first-order valence-electron chi connectivity index (χ1n) is 17.2. The number of nitrogens with two attached hydrogens (primary N) is 2. The molecule has 56 heavy (non-hydrogen) atoms. The molecule has 0 fully saturated rings. The van der Waals surface area contributed by atoms with Gasteiger partial charge in [0.2, 0.25) is 11.8 Å². The molecule has 274 valence electrons. The minimum Gasteiger partial charge on any atom is -0.462 e. The molecule has 13 nitrogen and oxygen atoms in total. The van der Waals surface area contributed by atoms with Gasteiger partial charge in [-0.25, -0.2) is 19.6 Å². The highest BCUT2D eigenvalue weighted by molar-refractivity contribution is 7.22. The summed E-state index contributed by atoms with van der Waals surface area (Å²) in [5, 5.41) is 11.3. The SMILES string of the molecule is [C-]#[N+]c1cccc2sc(C(=O)OCC)c(-c3nc4cc(C(N)=O)ccc4n3CCn3c(-c4c(C(C)=O)sc5cccc(C#N)c45)nc4cc(C(N)=O)ccc43)c12. The van der Waals surface area contributed by atoms with Crippen LogP contribution in [0.1, 0.15) is 59.5 Å². The molecule has 0 aliphatic carbocycles. The van der Waals surface area contributed by atoms with Gasteiger partial charge in [0.1, 0.15) is 16.5 Å². The van der Waals surface area contributed by atoms with E-state index in [1.54, 1.807) is 67.6 Å². The van der Waals surface area contributed by atoms with E-state index in [2.05, 4.69) is 10.9 Å². The summed E-state index contributed by atoms with van der Waals surface area (Å²) < 4.78 is 10.7. The van der Waals surface area contributed by atoms with Crippen molar-refractivity contribution in [2.45, 2.75) is 26.9 Å². The highest BCUT2D eigenvalue weighted by Gasteiger charge is 2.29. The van der Waals surface area contributed by atoms with Crippen LogP contribution in [0.2, 0.25) is 0 Å². The van der Waals surface area contributed by atoms with Crippen LogP contribution in [0.15, 0.2) is 72.8 Å². The number of aromatic nitrogens is 4. The lowest BCUT2D eigenvalue weighted by Crippen LogP contribution is -2.12. The van der Waals surface area contributed by atoms with Crippen molar-refractivity contribution in [1.82, 2.24) is 19.1 Å². The van der Waals surface area contributed by atoms with Gasteiger partial charge in [0.05, 0.1) is 51.8 Å². The van der Waals surface area contributed by atoms with Crippen molar-refractivity contribution in [3.05, 3.63) is 111 Å². The summed E-state index contributed by atoms with van der Waals surface area (Å²) in [6.07, 6.45) is 0. The van der Waals surface area contributed by atoms with Crippen LogP contribution in [-0.4, -0.2) is 49.3 Å². The van der Waals surface area contributed by atoms with Crippen LogP contribution in [0.25, 0.3) is 69.9 Å². The largest absolute Gasteiger partial charge is 0.462 e. The van der Waals surface area contributed by atoms with E-state index in [0.29, 0.717) is 76.4 Å². The molecule has 0 bridgehead atoms. The Bertz CT molecular complexity index is 3100. The van der Waals surface area contributed by atoms with E-state index in [1.165, 1.54) is 29.6 Å². The van der Waals surface area contributed by atoms with Crippen molar-refractivity contribution in [3.8, 4) is 28.8 Å². The number of ether oxygens (including phenoxy) is 1. The number of imidazole rings is 2. The van der Waals surface area contributed by atoms with Gasteiger partial charge in [-0.05, 0) is 68.4 Å². The van der Waals surface area contributed by atoms with Crippen LogP contribution in [0.4, 0.5) is 5.69 Å². The molecule has 0 atom stereocenters. The Kier molecular flexibility index (Phi) is 8.89. The molecule has 4 N–H and O–H groups in total. The van der Waals surface area contributed by atoms with Gasteiger partial charge in [-0.2, -0.15) is 5.26 Å². The number of aryl methyl sites for hydroxylation is 2. The predicted molar refractivity (Wildman–Crippen MR) is 215 cm³/mol. The van der Waals surface area contributed by atoms with Gasteiger partial charge in [0, 0.05) is 55.5 Å². The number of amides is 2. The first-order chi connectivity index (χ1) is 27.0. The third kappa shape index (κ3) is 5.74. The Hall–Kier alpha value is -7.20. The molecule has 8 rings (SSSR count). The Morgan fingerprint density at radius 1 is 0.804 bits per heavy atom. The number of carbonyl (C=O) groups excluding carboxylic acids is 4. The summed E-state index contributed by atoms with van der Waals surface area (Å²) in [5.74, 6) is -1.31. The quantitative estimate of drug-likeness (QED) is 0.0796. The summed E-state index contributed by atoms with van der Waals surface area (Å²) >= 11 is 2.47. The third-order valence-corrected chi connectivity index (χ3v) is 11.9. The van der Waals surface area contributed by atoms with Crippen LogP contribution in [0.5, 0.6) is 0 Å². The summed E-state index contributed by atoms with van der Waals surface area (Å²) in [5.41, 5.74) is 15.5. The number of Topliss-reactive ketones (excluding diaryl/α,β-unsaturated/α-hetero) is 1. The lowest BCUT2D eigenvalue weighted by atomic mass is 10.0. The fourth-order valence-electron chi connectivity index (χ4n) is 7.08. The zero-order valence-corrected chi connectivity index (χ0v) is 31.4. The van der Waals surface area contributed by atoms with Crippen molar-refractivity contribution >= 4 is 94.2 Å². The Morgan fingerprint density at radius 3 is 1.86 bits per heavy atom. The molecule has 0 aliphatic heterocycles. The number of ketones is 1. The highest BCUT2D eigenvalue weighted by atomic mass is 32.1. The first kappa shape index (κ1) is 35.8. The van der Waals surface area contributed by atoms with Gasteiger partial charge < -0.3 is 25.3 Å². The molecule has 0 saturated carbocycles. The summed E-state index contributed by atoms with van der Waals surface area (Å²) in [7, 11) is 0. The molecule has 0 aliphatic rings. The normalized spacial score (nSPS) is 11.3. The average molecular weight is 777 g/mol. The van der Waals surface area contributed by atoms with Crippen LogP contribution < -0.4 is 11.5 Å². The van der Waals surface area contributed by atoms with E-state index in [9.17, 15) is 24.4 Å². The zero-order valence-electron chi connectivity index (χ0n) is 29.7. The molecule has 4 aromatic heterocycles. The van der Waals surface area contributed by atoms with E-state index < -0.39 is 17.8 Å². The number of fused-ring (bicyclic) bond motifs is 4. The second kappa shape index (κ2) is 13.9. The maximum absolute atomic E-state index is 13.6. The van der Waals surface area contributed by atoms with Crippen molar-refractivity contribution in [2.75, 3.05) is 6.61 Å². The van der Waals surface area contributed by atoms with Crippen LogP contribution in [0.3, 0.4) is 0 Å². The number of hydrogen-bond donors (Lipinski definition) is 2. The Balaban J connectivity index is 1.40. The van der Waals surface area contributed by atoms with Gasteiger partial charge >= 0.3 is 5.97 Å². The number of nitrogens with zero attached hydrogens (tertiary/aromatic N) is 6. The van der Waals surface area contributed by atoms with Gasteiger partial charge in [-0.3, -0.25) is 14.4 Å². The number of carbonyl (C=O) groups is 4. The number of hydrogen-bond acceptors (Lipinski definition) is 10. The highest BCUT2D eigenvalue weighted by Crippen LogP contribution is 2.45. The number of thiophene rings is 2. The molecule has 8 aromatic rings. The van der Waals surface area contributed by atoms with Gasteiger partial charge in [-0.1, -0.05) is 18.2 Å². The monoisotopic (exact) mass is 776 g/mol. The molecular formula is C41H28N8O5S2. The fraction of sp³-hybridized carbons (Fsp3) is 0.122. The lowest BCUT2D eigenvalue weighted by Gasteiger charge is -2.15.